The summed E-state index contributed by atoms with van der Waals surface area (Å²) in [4.78, 5) is 24.7. The molecule has 0 bridgehead atoms. The first-order valence-corrected chi connectivity index (χ1v) is 7.31. The molecule has 0 saturated heterocycles. The van der Waals surface area contributed by atoms with Gasteiger partial charge in [0.15, 0.2) is 0 Å². The van der Waals surface area contributed by atoms with Crippen LogP contribution in [0.25, 0.3) is 0 Å². The van der Waals surface area contributed by atoms with E-state index in [2.05, 4.69) is 0 Å². The molecule has 23 heavy (non-hydrogen) atoms. The summed E-state index contributed by atoms with van der Waals surface area (Å²) in [5.74, 6) is 0.329. The summed E-state index contributed by atoms with van der Waals surface area (Å²) in [6, 6.07) is 13.6. The maximum atomic E-state index is 12.8. The smallest absolute Gasteiger partial charge is 0.271 e. The van der Waals surface area contributed by atoms with Gasteiger partial charge in [0.05, 0.1) is 23.1 Å². The third-order valence-corrected chi connectivity index (χ3v) is 4.02. The molecule has 1 atom stereocenters. The van der Waals surface area contributed by atoms with E-state index in [4.69, 9.17) is 4.74 Å². The maximum absolute atomic E-state index is 12.8. The second-order valence-corrected chi connectivity index (χ2v) is 5.40. The van der Waals surface area contributed by atoms with Crippen molar-refractivity contribution in [3.63, 3.8) is 0 Å². The molecule has 0 unspecified atom stereocenters. The number of hydrogen-bond acceptors (Lipinski definition) is 4. The maximum Gasteiger partial charge on any atom is 0.271 e. The summed E-state index contributed by atoms with van der Waals surface area (Å²) in [7, 11) is 1.64. The number of rotatable bonds is 3. The van der Waals surface area contributed by atoms with Crippen LogP contribution in [0.15, 0.2) is 48.5 Å². The van der Waals surface area contributed by atoms with Crippen LogP contribution in [0, 0.1) is 10.1 Å². The number of amides is 1. The number of nitro groups is 1. The summed E-state index contributed by atoms with van der Waals surface area (Å²) in [5.41, 5.74) is 1.34. The van der Waals surface area contributed by atoms with Gasteiger partial charge in [-0.05, 0) is 18.6 Å². The van der Waals surface area contributed by atoms with Gasteiger partial charge in [0, 0.05) is 24.7 Å². The summed E-state index contributed by atoms with van der Waals surface area (Å²) in [6.07, 6.45) is 0.592. The number of fused-ring (bicyclic) bond motifs is 1. The molecule has 3 rings (SSSR count). The molecule has 6 heteroatoms. The Labute approximate surface area is 133 Å². The zero-order chi connectivity index (χ0) is 16.4. The van der Waals surface area contributed by atoms with Gasteiger partial charge in [0.2, 0.25) is 5.91 Å². The molecule has 6 nitrogen and oxygen atoms in total. The van der Waals surface area contributed by atoms with E-state index in [1.165, 1.54) is 17.0 Å². The van der Waals surface area contributed by atoms with Crippen molar-refractivity contribution in [1.29, 1.82) is 0 Å². The molecule has 2 aromatic rings. The number of benzene rings is 2. The molecular formula is C17H16N2O4. The molecule has 1 aliphatic heterocycles. The van der Waals surface area contributed by atoms with Crippen molar-refractivity contribution < 1.29 is 14.5 Å². The van der Waals surface area contributed by atoms with E-state index in [9.17, 15) is 14.9 Å². The number of non-ortho nitro benzene ring substituents is 1. The lowest BCUT2D eigenvalue weighted by Crippen LogP contribution is -2.34. The average molecular weight is 312 g/mol. The number of carbonyl (C=O) groups excluding carboxylic acids is 1. The second-order valence-electron chi connectivity index (χ2n) is 5.40. The average Bonchev–Trinajstić information content (AvgIpc) is 2.60. The number of nitro benzene ring substituents is 1. The first-order chi connectivity index (χ1) is 11.1. The van der Waals surface area contributed by atoms with E-state index in [1.54, 1.807) is 19.2 Å². The lowest BCUT2D eigenvalue weighted by molar-refractivity contribution is -0.384. The Hall–Kier alpha value is -2.89. The van der Waals surface area contributed by atoms with E-state index in [1.807, 2.05) is 24.3 Å². The van der Waals surface area contributed by atoms with E-state index >= 15 is 0 Å². The van der Waals surface area contributed by atoms with E-state index in [-0.39, 0.29) is 17.5 Å². The molecule has 0 aliphatic carbocycles. The first kappa shape index (κ1) is 15.0. The zero-order valence-corrected chi connectivity index (χ0v) is 12.6. The van der Waals surface area contributed by atoms with Crippen molar-refractivity contribution in [2.24, 2.45) is 0 Å². The standard InChI is InChI=1S/C17H16N2O4/c1-18(12-5-4-6-13(11-12)19(21)22)17(20)15-9-10-23-16-8-3-2-7-14(15)16/h2-8,11,15H,9-10H2,1H3/t15-/m0/s1. The molecule has 1 amide bonds. The Morgan fingerprint density at radius 3 is 2.83 bits per heavy atom. The summed E-state index contributed by atoms with van der Waals surface area (Å²) in [6.45, 7) is 0.482. The topological polar surface area (TPSA) is 72.7 Å². The summed E-state index contributed by atoms with van der Waals surface area (Å²) >= 11 is 0. The van der Waals surface area contributed by atoms with Crippen LogP contribution in [0.3, 0.4) is 0 Å². The SMILES string of the molecule is CN(C(=O)[C@H]1CCOc2ccccc21)c1cccc([N+](=O)[O-])c1. The third-order valence-electron chi connectivity index (χ3n) is 4.02. The molecule has 0 radical (unpaired) electrons. The second kappa shape index (κ2) is 6.08. The van der Waals surface area contributed by atoms with Gasteiger partial charge in [0.1, 0.15) is 5.75 Å². The Bertz CT molecular complexity index is 760. The predicted molar refractivity (Wildman–Crippen MR) is 85.8 cm³/mol. The van der Waals surface area contributed by atoms with Crippen molar-refractivity contribution >= 4 is 17.3 Å². The molecule has 0 N–H and O–H groups in total. The van der Waals surface area contributed by atoms with Gasteiger partial charge in [-0.2, -0.15) is 0 Å². The van der Waals surface area contributed by atoms with Crippen molar-refractivity contribution in [2.45, 2.75) is 12.3 Å². The van der Waals surface area contributed by atoms with Crippen LogP contribution < -0.4 is 9.64 Å². The van der Waals surface area contributed by atoms with Gasteiger partial charge in [-0.15, -0.1) is 0 Å². The summed E-state index contributed by atoms with van der Waals surface area (Å²) < 4.78 is 5.58. The van der Waals surface area contributed by atoms with Gasteiger partial charge in [0.25, 0.3) is 5.69 Å². The molecule has 118 valence electrons. The number of nitrogens with zero attached hydrogens (tertiary/aromatic N) is 2. The van der Waals surface area contributed by atoms with Crippen LogP contribution in [0.1, 0.15) is 17.9 Å². The Balaban J connectivity index is 1.89. The molecular weight excluding hydrogens is 296 g/mol. The fraction of sp³-hybridized carbons (Fsp3) is 0.235. The lowest BCUT2D eigenvalue weighted by Gasteiger charge is -2.28. The van der Waals surface area contributed by atoms with Crippen molar-refractivity contribution in [2.75, 3.05) is 18.6 Å². The molecule has 1 heterocycles. The molecule has 2 aromatic carbocycles. The molecule has 1 aliphatic rings. The van der Waals surface area contributed by atoms with Crippen LogP contribution in [0.4, 0.5) is 11.4 Å². The minimum absolute atomic E-state index is 0.0328. The lowest BCUT2D eigenvalue weighted by atomic mass is 9.92. The highest BCUT2D eigenvalue weighted by Gasteiger charge is 2.30. The van der Waals surface area contributed by atoms with Crippen LogP contribution >= 0.6 is 0 Å². The highest BCUT2D eigenvalue weighted by atomic mass is 16.6. The van der Waals surface area contributed by atoms with Crippen LogP contribution in [0.5, 0.6) is 5.75 Å². The fourth-order valence-corrected chi connectivity index (χ4v) is 2.77. The Morgan fingerprint density at radius 2 is 2.04 bits per heavy atom. The van der Waals surface area contributed by atoms with Gasteiger partial charge in [-0.1, -0.05) is 24.3 Å². The fourth-order valence-electron chi connectivity index (χ4n) is 2.77. The number of hydrogen-bond donors (Lipinski definition) is 0. The highest BCUT2D eigenvalue weighted by Crippen LogP contribution is 2.35. The van der Waals surface area contributed by atoms with Crippen molar-refractivity contribution in [3.05, 3.63) is 64.2 Å². The Morgan fingerprint density at radius 1 is 1.26 bits per heavy atom. The molecule has 0 fully saturated rings. The number of ether oxygens (including phenoxy) is 1. The minimum atomic E-state index is -0.467. The normalized spacial score (nSPS) is 16.1. The number of para-hydroxylation sites is 1. The van der Waals surface area contributed by atoms with Gasteiger partial charge in [-0.3, -0.25) is 14.9 Å². The molecule has 0 aromatic heterocycles. The highest BCUT2D eigenvalue weighted by molar-refractivity contribution is 5.98. The van der Waals surface area contributed by atoms with Crippen LogP contribution in [0.2, 0.25) is 0 Å². The number of anilines is 1. The minimum Gasteiger partial charge on any atom is -0.493 e. The van der Waals surface area contributed by atoms with Gasteiger partial charge in [-0.25, -0.2) is 0 Å². The summed E-state index contributed by atoms with van der Waals surface area (Å²) in [5, 5.41) is 10.9. The van der Waals surface area contributed by atoms with Gasteiger partial charge < -0.3 is 9.64 Å². The molecule has 0 saturated carbocycles. The number of likely N-dealkylation sites (N-methyl/N-ethyl adjacent to an activating group) is 1. The third kappa shape index (κ3) is 2.88. The molecule has 0 spiro atoms. The van der Waals surface area contributed by atoms with E-state index in [0.29, 0.717) is 18.7 Å². The van der Waals surface area contributed by atoms with Crippen LogP contribution in [-0.2, 0) is 4.79 Å². The largest absolute Gasteiger partial charge is 0.493 e. The quantitative estimate of drug-likeness (QED) is 0.645. The monoisotopic (exact) mass is 312 g/mol. The number of carbonyl (C=O) groups is 1. The van der Waals surface area contributed by atoms with Crippen molar-refractivity contribution in [1.82, 2.24) is 0 Å². The van der Waals surface area contributed by atoms with Gasteiger partial charge >= 0.3 is 0 Å². The van der Waals surface area contributed by atoms with E-state index < -0.39 is 4.92 Å². The van der Waals surface area contributed by atoms with Crippen molar-refractivity contribution in [3.8, 4) is 5.75 Å². The Kier molecular flexibility index (Phi) is 3.97. The zero-order valence-electron chi connectivity index (χ0n) is 12.6. The first-order valence-electron chi connectivity index (χ1n) is 7.31. The van der Waals surface area contributed by atoms with E-state index in [0.717, 1.165) is 11.3 Å². The predicted octanol–water partition coefficient (Wildman–Crippen LogP) is 3.12. The van der Waals surface area contributed by atoms with Crippen LogP contribution in [-0.4, -0.2) is 24.5 Å².